The van der Waals surface area contributed by atoms with Gasteiger partial charge in [-0.3, -0.25) is 9.59 Å². The molecule has 1 aromatic heterocycles. The predicted octanol–water partition coefficient (Wildman–Crippen LogP) is 4.07. The summed E-state index contributed by atoms with van der Waals surface area (Å²) in [7, 11) is 0. The van der Waals surface area contributed by atoms with E-state index in [2.05, 4.69) is 19.2 Å². The molecule has 0 unspecified atom stereocenters. The van der Waals surface area contributed by atoms with Crippen LogP contribution in [0, 0.1) is 6.92 Å². The quantitative estimate of drug-likeness (QED) is 0.755. The standard InChI is InChI=1S/C22H24N2O2/c1-4-16-7-6-8-17(5-2)22(16)23-21(26)14-24-12-11-20(25)18-13-15(3)9-10-19(18)24/h6-13H,4-5,14H2,1-3H3,(H,23,26). The summed E-state index contributed by atoms with van der Waals surface area (Å²) < 4.78 is 1.83. The summed E-state index contributed by atoms with van der Waals surface area (Å²) in [5.41, 5.74) is 4.98. The van der Waals surface area contributed by atoms with E-state index in [1.54, 1.807) is 6.20 Å². The average Bonchev–Trinajstić information content (AvgIpc) is 2.64. The van der Waals surface area contributed by atoms with Gasteiger partial charge in [0, 0.05) is 23.3 Å². The number of fused-ring (bicyclic) bond motifs is 1. The fourth-order valence-electron chi connectivity index (χ4n) is 3.30. The molecule has 2 aromatic carbocycles. The van der Waals surface area contributed by atoms with Gasteiger partial charge in [-0.15, -0.1) is 0 Å². The zero-order valence-corrected chi connectivity index (χ0v) is 15.5. The van der Waals surface area contributed by atoms with E-state index in [4.69, 9.17) is 0 Å². The summed E-state index contributed by atoms with van der Waals surface area (Å²) in [6, 6.07) is 13.4. The number of hydrogen-bond donors (Lipinski definition) is 1. The van der Waals surface area contributed by atoms with Gasteiger partial charge in [0.15, 0.2) is 5.43 Å². The van der Waals surface area contributed by atoms with E-state index in [1.165, 1.54) is 6.07 Å². The largest absolute Gasteiger partial charge is 0.338 e. The zero-order chi connectivity index (χ0) is 18.7. The third kappa shape index (κ3) is 3.54. The molecule has 0 saturated heterocycles. The van der Waals surface area contributed by atoms with E-state index in [9.17, 15) is 9.59 Å². The summed E-state index contributed by atoms with van der Waals surface area (Å²) >= 11 is 0. The third-order valence-electron chi connectivity index (χ3n) is 4.71. The Kier molecular flexibility index (Phi) is 5.21. The number of rotatable bonds is 5. The minimum Gasteiger partial charge on any atom is -0.338 e. The molecule has 0 aliphatic carbocycles. The fraction of sp³-hybridized carbons (Fsp3) is 0.273. The van der Waals surface area contributed by atoms with Crippen LogP contribution in [-0.2, 0) is 24.2 Å². The number of benzene rings is 2. The van der Waals surface area contributed by atoms with Crippen LogP contribution in [0.4, 0.5) is 5.69 Å². The third-order valence-corrected chi connectivity index (χ3v) is 4.71. The van der Waals surface area contributed by atoms with E-state index in [1.807, 2.05) is 47.9 Å². The summed E-state index contributed by atoms with van der Waals surface area (Å²) in [5, 5.41) is 3.72. The molecule has 1 N–H and O–H groups in total. The second-order valence-corrected chi connectivity index (χ2v) is 6.54. The zero-order valence-electron chi connectivity index (χ0n) is 15.5. The lowest BCUT2D eigenvalue weighted by Gasteiger charge is -2.16. The molecule has 4 nitrogen and oxygen atoms in total. The van der Waals surface area contributed by atoms with E-state index in [-0.39, 0.29) is 17.9 Å². The highest BCUT2D eigenvalue weighted by Crippen LogP contribution is 2.23. The second kappa shape index (κ2) is 7.56. The maximum atomic E-state index is 12.7. The van der Waals surface area contributed by atoms with Crippen LogP contribution in [0.1, 0.15) is 30.5 Å². The molecule has 26 heavy (non-hydrogen) atoms. The van der Waals surface area contributed by atoms with E-state index in [0.717, 1.165) is 40.7 Å². The number of pyridine rings is 1. The Bertz CT molecular complexity index is 996. The van der Waals surface area contributed by atoms with Crippen LogP contribution in [0.5, 0.6) is 0 Å². The van der Waals surface area contributed by atoms with Crippen LogP contribution in [0.25, 0.3) is 10.9 Å². The Hall–Kier alpha value is -2.88. The number of carbonyl (C=O) groups is 1. The van der Waals surface area contributed by atoms with Crippen molar-refractivity contribution in [3.63, 3.8) is 0 Å². The Morgan fingerprint density at radius 1 is 1.04 bits per heavy atom. The number of aryl methyl sites for hydroxylation is 3. The van der Waals surface area contributed by atoms with Crippen molar-refractivity contribution >= 4 is 22.5 Å². The van der Waals surface area contributed by atoms with Crippen molar-refractivity contribution in [2.24, 2.45) is 0 Å². The lowest BCUT2D eigenvalue weighted by atomic mass is 10.0. The van der Waals surface area contributed by atoms with Crippen molar-refractivity contribution in [1.29, 1.82) is 0 Å². The van der Waals surface area contributed by atoms with Gasteiger partial charge >= 0.3 is 0 Å². The lowest BCUT2D eigenvalue weighted by molar-refractivity contribution is -0.116. The van der Waals surface area contributed by atoms with Gasteiger partial charge in [0.1, 0.15) is 6.54 Å². The van der Waals surface area contributed by atoms with Gasteiger partial charge in [-0.25, -0.2) is 0 Å². The van der Waals surface area contributed by atoms with Gasteiger partial charge in [-0.2, -0.15) is 0 Å². The molecule has 0 aliphatic heterocycles. The first-order valence-corrected chi connectivity index (χ1v) is 9.04. The highest BCUT2D eigenvalue weighted by molar-refractivity contribution is 5.93. The van der Waals surface area contributed by atoms with Crippen molar-refractivity contribution < 1.29 is 4.79 Å². The molecule has 1 amide bonds. The maximum absolute atomic E-state index is 12.7. The van der Waals surface area contributed by atoms with E-state index >= 15 is 0 Å². The van der Waals surface area contributed by atoms with Crippen LogP contribution in [0.3, 0.4) is 0 Å². The Balaban J connectivity index is 1.92. The Labute approximate surface area is 153 Å². The van der Waals surface area contributed by atoms with Crippen molar-refractivity contribution in [2.75, 3.05) is 5.32 Å². The van der Waals surface area contributed by atoms with Crippen LogP contribution in [0.15, 0.2) is 53.5 Å². The first-order chi connectivity index (χ1) is 12.5. The molecule has 0 bridgehead atoms. The summed E-state index contributed by atoms with van der Waals surface area (Å²) in [6.45, 7) is 6.29. The maximum Gasteiger partial charge on any atom is 0.244 e. The summed E-state index contributed by atoms with van der Waals surface area (Å²) in [6.07, 6.45) is 3.42. The number of carbonyl (C=O) groups excluding carboxylic acids is 1. The first kappa shape index (κ1) is 17.9. The minimum atomic E-state index is -0.0916. The summed E-state index contributed by atoms with van der Waals surface area (Å²) in [4.78, 5) is 24.8. The molecule has 4 heteroatoms. The van der Waals surface area contributed by atoms with E-state index < -0.39 is 0 Å². The van der Waals surface area contributed by atoms with Crippen molar-refractivity contribution in [2.45, 2.75) is 40.2 Å². The van der Waals surface area contributed by atoms with Gasteiger partial charge in [-0.05, 0) is 43.0 Å². The molecule has 3 aromatic rings. The number of aromatic nitrogens is 1. The molecule has 0 atom stereocenters. The van der Waals surface area contributed by atoms with Gasteiger partial charge in [0.2, 0.25) is 5.91 Å². The SMILES string of the molecule is CCc1cccc(CC)c1NC(=O)Cn1ccc(=O)c2cc(C)ccc21. The van der Waals surface area contributed by atoms with Crippen molar-refractivity contribution in [3.05, 3.63) is 75.6 Å². The number of para-hydroxylation sites is 1. The smallest absolute Gasteiger partial charge is 0.244 e. The van der Waals surface area contributed by atoms with Crippen LogP contribution >= 0.6 is 0 Å². The molecule has 0 spiro atoms. The molecule has 0 aliphatic rings. The Morgan fingerprint density at radius 2 is 1.73 bits per heavy atom. The molecule has 134 valence electrons. The number of hydrogen-bond acceptors (Lipinski definition) is 2. The van der Waals surface area contributed by atoms with Gasteiger partial charge in [0.05, 0.1) is 5.52 Å². The highest BCUT2D eigenvalue weighted by Gasteiger charge is 2.12. The molecular formula is C22H24N2O2. The number of nitrogens with zero attached hydrogens (tertiary/aromatic N) is 1. The van der Waals surface area contributed by atoms with Crippen molar-refractivity contribution in [3.8, 4) is 0 Å². The van der Waals surface area contributed by atoms with Crippen LogP contribution in [-0.4, -0.2) is 10.5 Å². The number of nitrogens with one attached hydrogen (secondary N) is 1. The fourth-order valence-corrected chi connectivity index (χ4v) is 3.30. The second-order valence-electron chi connectivity index (χ2n) is 6.54. The van der Waals surface area contributed by atoms with Gasteiger partial charge in [0.25, 0.3) is 0 Å². The van der Waals surface area contributed by atoms with Crippen molar-refractivity contribution in [1.82, 2.24) is 4.57 Å². The average molecular weight is 348 g/mol. The van der Waals surface area contributed by atoms with Crippen LogP contribution in [0.2, 0.25) is 0 Å². The van der Waals surface area contributed by atoms with Gasteiger partial charge in [-0.1, -0.05) is 43.7 Å². The number of amides is 1. The highest BCUT2D eigenvalue weighted by atomic mass is 16.2. The topological polar surface area (TPSA) is 51.1 Å². The molecule has 0 fully saturated rings. The minimum absolute atomic E-state index is 0.0232. The monoisotopic (exact) mass is 348 g/mol. The predicted molar refractivity (Wildman–Crippen MR) is 107 cm³/mol. The normalized spacial score (nSPS) is 10.9. The van der Waals surface area contributed by atoms with E-state index in [0.29, 0.717) is 5.39 Å². The first-order valence-electron chi connectivity index (χ1n) is 9.04. The molecular weight excluding hydrogens is 324 g/mol. The summed E-state index contributed by atoms with van der Waals surface area (Å²) in [5.74, 6) is -0.0916. The van der Waals surface area contributed by atoms with Crippen LogP contribution < -0.4 is 10.7 Å². The van der Waals surface area contributed by atoms with Gasteiger partial charge < -0.3 is 9.88 Å². The molecule has 1 heterocycles. The molecule has 0 radical (unpaired) electrons. The Morgan fingerprint density at radius 3 is 2.38 bits per heavy atom. The molecule has 3 rings (SSSR count). The lowest BCUT2D eigenvalue weighted by Crippen LogP contribution is -2.21. The number of anilines is 1. The molecule has 0 saturated carbocycles.